The fraction of sp³-hybridized carbons (Fsp3) is 0.733. The molecule has 0 aliphatic heterocycles. The lowest BCUT2D eigenvalue weighted by Crippen LogP contribution is -2.32. The summed E-state index contributed by atoms with van der Waals surface area (Å²) in [6, 6.07) is 2.02. The van der Waals surface area contributed by atoms with Gasteiger partial charge in [-0.05, 0) is 30.2 Å². The van der Waals surface area contributed by atoms with Gasteiger partial charge in [0.05, 0.1) is 18.8 Å². The van der Waals surface area contributed by atoms with Crippen molar-refractivity contribution in [1.29, 1.82) is 0 Å². The van der Waals surface area contributed by atoms with Crippen LogP contribution < -0.4 is 5.32 Å². The minimum atomic E-state index is -0.431. The first-order valence-corrected chi connectivity index (χ1v) is 8.29. The van der Waals surface area contributed by atoms with Crippen molar-refractivity contribution in [1.82, 2.24) is 0 Å². The van der Waals surface area contributed by atoms with E-state index >= 15 is 0 Å². The van der Waals surface area contributed by atoms with Gasteiger partial charge in [-0.15, -0.1) is 0 Å². The molecule has 2 rings (SSSR count). The van der Waals surface area contributed by atoms with Crippen molar-refractivity contribution in [3.8, 4) is 0 Å². The standard InChI is InChI=1S/C15H25NO2S/c1-2-12-5-3-4-6-15(12)18-10-14(17)9-16-13-7-8-19-11-13/h7-8,11-12,14-17H,2-6,9-10H2,1H3. The fourth-order valence-corrected chi connectivity index (χ4v) is 3.37. The van der Waals surface area contributed by atoms with Gasteiger partial charge in [0, 0.05) is 17.6 Å². The highest BCUT2D eigenvalue weighted by Gasteiger charge is 2.24. The van der Waals surface area contributed by atoms with Gasteiger partial charge < -0.3 is 15.2 Å². The molecule has 0 aromatic carbocycles. The van der Waals surface area contributed by atoms with Crippen molar-refractivity contribution in [2.24, 2.45) is 5.92 Å². The zero-order chi connectivity index (χ0) is 13.5. The molecule has 2 N–H and O–H groups in total. The average Bonchev–Trinajstić information content (AvgIpc) is 2.96. The number of rotatable bonds is 7. The summed E-state index contributed by atoms with van der Waals surface area (Å²) in [4.78, 5) is 0. The third-order valence-electron chi connectivity index (χ3n) is 3.93. The zero-order valence-electron chi connectivity index (χ0n) is 11.7. The smallest absolute Gasteiger partial charge is 0.0945 e. The Morgan fingerprint density at radius 1 is 1.47 bits per heavy atom. The van der Waals surface area contributed by atoms with Crippen LogP contribution in [0.4, 0.5) is 5.69 Å². The molecule has 0 amide bonds. The summed E-state index contributed by atoms with van der Waals surface area (Å²) in [5.41, 5.74) is 1.08. The second-order valence-electron chi connectivity index (χ2n) is 5.37. The molecule has 1 fully saturated rings. The lowest BCUT2D eigenvalue weighted by atomic mass is 9.85. The Morgan fingerprint density at radius 3 is 3.05 bits per heavy atom. The SMILES string of the molecule is CCC1CCCCC1OCC(O)CNc1ccsc1. The zero-order valence-corrected chi connectivity index (χ0v) is 12.5. The number of nitrogens with one attached hydrogen (secondary N) is 1. The third-order valence-corrected chi connectivity index (χ3v) is 4.61. The van der Waals surface area contributed by atoms with Gasteiger partial charge >= 0.3 is 0 Å². The number of hydrogen-bond donors (Lipinski definition) is 2. The highest BCUT2D eigenvalue weighted by molar-refractivity contribution is 7.08. The molecular formula is C15H25NO2S. The summed E-state index contributed by atoms with van der Waals surface area (Å²) in [7, 11) is 0. The minimum absolute atomic E-state index is 0.356. The highest BCUT2D eigenvalue weighted by atomic mass is 32.1. The largest absolute Gasteiger partial charge is 0.389 e. The van der Waals surface area contributed by atoms with Crippen LogP contribution in [-0.4, -0.2) is 30.5 Å². The van der Waals surface area contributed by atoms with E-state index in [1.165, 1.54) is 25.7 Å². The molecule has 0 bridgehead atoms. The molecule has 1 saturated carbocycles. The molecule has 1 aliphatic rings. The molecule has 3 atom stereocenters. The van der Waals surface area contributed by atoms with Crippen molar-refractivity contribution in [2.45, 2.75) is 51.2 Å². The number of aliphatic hydroxyl groups is 1. The lowest BCUT2D eigenvalue weighted by molar-refractivity contribution is -0.0473. The number of aliphatic hydroxyl groups excluding tert-OH is 1. The number of ether oxygens (including phenoxy) is 1. The summed E-state index contributed by atoms with van der Waals surface area (Å²) in [5, 5.41) is 17.2. The Hall–Kier alpha value is -0.580. The minimum Gasteiger partial charge on any atom is -0.389 e. The van der Waals surface area contributed by atoms with Crippen LogP contribution in [0.2, 0.25) is 0 Å². The highest BCUT2D eigenvalue weighted by Crippen LogP contribution is 2.29. The topological polar surface area (TPSA) is 41.5 Å². The van der Waals surface area contributed by atoms with E-state index in [4.69, 9.17) is 4.74 Å². The van der Waals surface area contributed by atoms with Crippen LogP contribution in [0.15, 0.2) is 16.8 Å². The molecule has 1 aliphatic carbocycles. The van der Waals surface area contributed by atoms with Gasteiger partial charge in [-0.3, -0.25) is 0 Å². The van der Waals surface area contributed by atoms with E-state index in [-0.39, 0.29) is 0 Å². The fourth-order valence-electron chi connectivity index (χ4n) is 2.75. The second-order valence-corrected chi connectivity index (χ2v) is 6.15. The molecule has 19 heavy (non-hydrogen) atoms. The Bertz CT molecular complexity index is 342. The number of hydrogen-bond acceptors (Lipinski definition) is 4. The Kier molecular flexibility index (Phi) is 6.14. The van der Waals surface area contributed by atoms with Gasteiger partial charge in [0.2, 0.25) is 0 Å². The molecule has 1 aromatic rings. The molecule has 1 heterocycles. The van der Waals surface area contributed by atoms with Crippen LogP contribution in [0.1, 0.15) is 39.0 Å². The molecule has 3 nitrogen and oxygen atoms in total. The molecule has 108 valence electrons. The van der Waals surface area contributed by atoms with E-state index in [2.05, 4.69) is 12.2 Å². The normalized spacial score (nSPS) is 25.2. The average molecular weight is 283 g/mol. The first-order chi connectivity index (χ1) is 9.29. The van der Waals surface area contributed by atoms with Gasteiger partial charge in [-0.2, -0.15) is 11.3 Å². The molecule has 0 radical (unpaired) electrons. The third kappa shape index (κ3) is 4.79. The van der Waals surface area contributed by atoms with Gasteiger partial charge in [0.25, 0.3) is 0 Å². The van der Waals surface area contributed by atoms with Crippen LogP contribution in [-0.2, 0) is 4.74 Å². The maximum Gasteiger partial charge on any atom is 0.0945 e. The summed E-state index contributed by atoms with van der Waals surface area (Å²) >= 11 is 1.66. The summed E-state index contributed by atoms with van der Waals surface area (Å²) in [6.07, 6.45) is 6.15. The number of anilines is 1. The molecule has 4 heteroatoms. The van der Waals surface area contributed by atoms with E-state index in [0.717, 1.165) is 12.1 Å². The molecular weight excluding hydrogens is 258 g/mol. The predicted molar refractivity (Wildman–Crippen MR) is 80.8 cm³/mol. The van der Waals surface area contributed by atoms with E-state index in [9.17, 15) is 5.11 Å². The molecule has 0 spiro atoms. The quantitative estimate of drug-likeness (QED) is 0.804. The van der Waals surface area contributed by atoms with Crippen LogP contribution in [0, 0.1) is 5.92 Å². The maximum absolute atomic E-state index is 9.95. The molecule has 0 saturated heterocycles. The summed E-state index contributed by atoms with van der Waals surface area (Å²) < 4.78 is 5.93. The van der Waals surface area contributed by atoms with Gasteiger partial charge in [0.1, 0.15) is 0 Å². The van der Waals surface area contributed by atoms with Crippen LogP contribution >= 0.6 is 11.3 Å². The van der Waals surface area contributed by atoms with Gasteiger partial charge in [-0.25, -0.2) is 0 Å². The van der Waals surface area contributed by atoms with Crippen molar-refractivity contribution < 1.29 is 9.84 Å². The van der Waals surface area contributed by atoms with E-state index in [1.807, 2.05) is 16.8 Å². The van der Waals surface area contributed by atoms with Crippen molar-refractivity contribution >= 4 is 17.0 Å². The van der Waals surface area contributed by atoms with Crippen LogP contribution in [0.5, 0.6) is 0 Å². The Balaban J connectivity index is 1.66. The van der Waals surface area contributed by atoms with E-state index in [1.54, 1.807) is 11.3 Å². The second kappa shape index (κ2) is 7.88. The van der Waals surface area contributed by atoms with Crippen LogP contribution in [0.25, 0.3) is 0 Å². The van der Waals surface area contributed by atoms with Crippen molar-refractivity contribution in [3.05, 3.63) is 16.8 Å². The van der Waals surface area contributed by atoms with E-state index < -0.39 is 6.10 Å². The lowest BCUT2D eigenvalue weighted by Gasteiger charge is -2.31. The molecule has 3 unspecified atom stereocenters. The Labute approximate surface area is 120 Å². The Morgan fingerprint density at radius 2 is 2.32 bits per heavy atom. The maximum atomic E-state index is 9.95. The number of thiophene rings is 1. The summed E-state index contributed by atoms with van der Waals surface area (Å²) in [6.45, 7) is 3.24. The van der Waals surface area contributed by atoms with Gasteiger partial charge in [-0.1, -0.05) is 26.2 Å². The van der Waals surface area contributed by atoms with Crippen LogP contribution in [0.3, 0.4) is 0 Å². The van der Waals surface area contributed by atoms with Crippen molar-refractivity contribution in [2.75, 3.05) is 18.5 Å². The first kappa shape index (κ1) is 14.8. The van der Waals surface area contributed by atoms with Gasteiger partial charge in [0.15, 0.2) is 0 Å². The molecule has 1 aromatic heterocycles. The predicted octanol–water partition coefficient (Wildman–Crippen LogP) is 3.51. The van der Waals surface area contributed by atoms with Crippen molar-refractivity contribution in [3.63, 3.8) is 0 Å². The monoisotopic (exact) mass is 283 g/mol. The summed E-state index contributed by atoms with van der Waals surface area (Å²) in [5.74, 6) is 0.686. The first-order valence-electron chi connectivity index (χ1n) is 7.35. The van der Waals surface area contributed by atoms with E-state index in [0.29, 0.717) is 25.2 Å².